The lowest BCUT2D eigenvalue weighted by molar-refractivity contribution is -0.142. The molecule has 0 aliphatic heterocycles. The predicted molar refractivity (Wildman–Crippen MR) is 133 cm³/mol. The molecule has 2 aromatic carbocycles. The molecule has 4 aromatic rings. The quantitative estimate of drug-likeness (QED) is 0.328. The molecule has 0 atom stereocenters. The number of hydrogen-bond donors (Lipinski definition) is 2. The summed E-state index contributed by atoms with van der Waals surface area (Å²) in [6, 6.07) is 14.0. The summed E-state index contributed by atoms with van der Waals surface area (Å²) in [5.74, 6) is 1.47. The zero-order valence-corrected chi connectivity index (χ0v) is 19.7. The van der Waals surface area contributed by atoms with Gasteiger partial charge in [-0.15, -0.1) is 11.3 Å². The van der Waals surface area contributed by atoms with Crippen LogP contribution in [-0.4, -0.2) is 28.2 Å². The van der Waals surface area contributed by atoms with Crippen molar-refractivity contribution < 1.29 is 14.6 Å². The summed E-state index contributed by atoms with van der Waals surface area (Å²) in [6.07, 6.45) is 2.92. The van der Waals surface area contributed by atoms with Crippen LogP contribution < -0.4 is 10.1 Å². The van der Waals surface area contributed by atoms with Crippen molar-refractivity contribution in [3.8, 4) is 5.75 Å². The van der Waals surface area contributed by atoms with E-state index in [1.165, 1.54) is 4.70 Å². The van der Waals surface area contributed by atoms with Gasteiger partial charge in [-0.1, -0.05) is 35.9 Å². The van der Waals surface area contributed by atoms with Gasteiger partial charge in [0.25, 0.3) is 0 Å². The van der Waals surface area contributed by atoms with Crippen LogP contribution in [0.5, 0.6) is 5.75 Å². The molecule has 0 spiro atoms. The third kappa shape index (κ3) is 4.35. The maximum atomic E-state index is 11.4. The fourth-order valence-electron chi connectivity index (χ4n) is 4.55. The Morgan fingerprint density at radius 2 is 1.97 bits per heavy atom. The van der Waals surface area contributed by atoms with Crippen molar-refractivity contribution in [2.45, 2.75) is 38.1 Å². The molecule has 0 amide bonds. The number of methoxy groups -OCH3 is 1. The summed E-state index contributed by atoms with van der Waals surface area (Å²) in [7, 11) is 1.60. The van der Waals surface area contributed by atoms with Crippen LogP contribution in [0.3, 0.4) is 0 Å². The highest BCUT2D eigenvalue weighted by atomic mass is 35.5. The number of benzene rings is 2. The number of anilines is 1. The molecule has 2 heterocycles. The molecule has 8 heteroatoms. The third-order valence-electron chi connectivity index (χ3n) is 6.37. The topological polar surface area (TPSA) is 84.3 Å². The van der Waals surface area contributed by atoms with E-state index in [-0.39, 0.29) is 11.8 Å². The molecule has 1 aliphatic rings. The number of nitrogens with one attached hydrogen (secondary N) is 1. The van der Waals surface area contributed by atoms with Crippen LogP contribution in [0.15, 0.2) is 42.5 Å². The molecule has 0 radical (unpaired) electrons. The Morgan fingerprint density at radius 1 is 1.18 bits per heavy atom. The molecule has 0 unspecified atom stereocenters. The Labute approximate surface area is 200 Å². The number of carboxylic acids is 1. The van der Waals surface area contributed by atoms with E-state index in [1.54, 1.807) is 18.4 Å². The van der Waals surface area contributed by atoms with Gasteiger partial charge in [0, 0.05) is 22.5 Å². The second kappa shape index (κ2) is 9.15. The third-order valence-corrected chi connectivity index (χ3v) is 7.73. The van der Waals surface area contributed by atoms with Crippen LogP contribution in [0, 0.1) is 5.92 Å². The van der Waals surface area contributed by atoms with E-state index in [9.17, 15) is 9.90 Å². The van der Waals surface area contributed by atoms with Crippen molar-refractivity contribution in [3.63, 3.8) is 0 Å². The molecule has 2 aromatic heterocycles. The maximum absolute atomic E-state index is 11.4. The van der Waals surface area contributed by atoms with Crippen LogP contribution in [0.2, 0.25) is 5.02 Å². The number of halogens is 1. The lowest BCUT2D eigenvalue weighted by atomic mass is 9.81. The fourth-order valence-corrected chi connectivity index (χ4v) is 5.92. The number of nitrogens with zero attached hydrogens (tertiary/aromatic N) is 2. The smallest absolute Gasteiger partial charge is 0.306 e. The van der Waals surface area contributed by atoms with E-state index in [2.05, 4.69) is 17.4 Å². The van der Waals surface area contributed by atoms with Gasteiger partial charge < -0.3 is 15.2 Å². The first-order chi connectivity index (χ1) is 16.0. The lowest BCUT2D eigenvalue weighted by Crippen LogP contribution is -2.21. The normalized spacial score (nSPS) is 18.5. The summed E-state index contributed by atoms with van der Waals surface area (Å²) < 4.78 is 6.43. The number of aliphatic carboxylic acids is 1. The first kappa shape index (κ1) is 21.9. The molecule has 1 fully saturated rings. The summed E-state index contributed by atoms with van der Waals surface area (Å²) in [4.78, 5) is 22.2. The van der Waals surface area contributed by atoms with E-state index < -0.39 is 5.97 Å². The van der Waals surface area contributed by atoms with Crippen LogP contribution in [0.25, 0.3) is 20.3 Å². The Balaban J connectivity index is 1.50. The monoisotopic (exact) mass is 481 g/mol. The highest BCUT2D eigenvalue weighted by molar-refractivity contribution is 7.25. The van der Waals surface area contributed by atoms with Gasteiger partial charge in [0.15, 0.2) is 0 Å². The van der Waals surface area contributed by atoms with Gasteiger partial charge in [-0.25, -0.2) is 9.97 Å². The molecule has 2 N–H and O–H groups in total. The minimum absolute atomic E-state index is 0.172. The molecule has 0 saturated heterocycles. The number of rotatable bonds is 6. The van der Waals surface area contributed by atoms with E-state index in [0.29, 0.717) is 30.2 Å². The molecule has 5 rings (SSSR count). The van der Waals surface area contributed by atoms with E-state index in [4.69, 9.17) is 26.3 Å². The first-order valence-corrected chi connectivity index (χ1v) is 12.2. The zero-order chi connectivity index (χ0) is 22.9. The molecule has 0 bridgehead atoms. The molecule has 170 valence electrons. The average Bonchev–Trinajstić information content (AvgIpc) is 3.21. The molecular formula is C25H24ClN3O3S. The summed E-state index contributed by atoms with van der Waals surface area (Å²) >= 11 is 7.97. The summed E-state index contributed by atoms with van der Waals surface area (Å²) in [5, 5.41) is 15.6. The minimum Gasteiger partial charge on any atom is -0.495 e. The zero-order valence-electron chi connectivity index (χ0n) is 18.2. The SMILES string of the molecule is COc1ccc(CNc2nc([C@H]3CC[C@H](C(=O)O)CC3)nc3sc4ccccc4c23)cc1Cl. The van der Waals surface area contributed by atoms with E-state index in [1.807, 2.05) is 30.3 Å². The molecule has 1 aliphatic carbocycles. The number of hydrogen-bond acceptors (Lipinski definition) is 6. The van der Waals surface area contributed by atoms with Crippen molar-refractivity contribution >= 4 is 55.0 Å². The second-order valence-corrected chi connectivity index (χ2v) is 9.86. The second-order valence-electron chi connectivity index (χ2n) is 8.42. The summed E-state index contributed by atoms with van der Waals surface area (Å²) in [6.45, 7) is 0.561. The van der Waals surface area contributed by atoms with Crippen molar-refractivity contribution in [2.75, 3.05) is 12.4 Å². The maximum Gasteiger partial charge on any atom is 0.306 e. The Kier molecular flexibility index (Phi) is 6.08. The van der Waals surface area contributed by atoms with Crippen LogP contribution >= 0.6 is 22.9 Å². The number of thiophene rings is 1. The average molecular weight is 482 g/mol. The van der Waals surface area contributed by atoms with Crippen molar-refractivity contribution in [3.05, 3.63) is 58.9 Å². The van der Waals surface area contributed by atoms with Gasteiger partial charge in [0.2, 0.25) is 0 Å². The van der Waals surface area contributed by atoms with E-state index >= 15 is 0 Å². The molecular weight excluding hydrogens is 458 g/mol. The molecule has 33 heavy (non-hydrogen) atoms. The first-order valence-electron chi connectivity index (χ1n) is 11.0. The number of ether oxygens (including phenoxy) is 1. The minimum atomic E-state index is -0.699. The highest BCUT2D eigenvalue weighted by Crippen LogP contribution is 2.40. The van der Waals surface area contributed by atoms with Crippen LogP contribution in [-0.2, 0) is 11.3 Å². The Hall–Kier alpha value is -2.90. The van der Waals surface area contributed by atoms with Gasteiger partial charge in [0.1, 0.15) is 22.2 Å². The number of carboxylic acid groups (broad SMARTS) is 1. The fraction of sp³-hybridized carbons (Fsp3) is 0.320. The predicted octanol–water partition coefficient (Wildman–Crippen LogP) is 6.48. The van der Waals surface area contributed by atoms with Gasteiger partial charge in [0.05, 0.1) is 23.4 Å². The van der Waals surface area contributed by atoms with Crippen LogP contribution in [0.4, 0.5) is 5.82 Å². The largest absolute Gasteiger partial charge is 0.495 e. The Bertz CT molecular complexity index is 1330. The molecule has 1 saturated carbocycles. The highest BCUT2D eigenvalue weighted by Gasteiger charge is 2.29. The Morgan fingerprint density at radius 3 is 2.70 bits per heavy atom. The van der Waals surface area contributed by atoms with Crippen molar-refractivity contribution in [1.82, 2.24) is 9.97 Å². The summed E-state index contributed by atoms with van der Waals surface area (Å²) in [5.41, 5.74) is 1.02. The van der Waals surface area contributed by atoms with Crippen LogP contribution in [0.1, 0.15) is 43.0 Å². The van der Waals surface area contributed by atoms with Gasteiger partial charge >= 0.3 is 5.97 Å². The van der Waals surface area contributed by atoms with E-state index in [0.717, 1.165) is 45.7 Å². The van der Waals surface area contributed by atoms with Crippen molar-refractivity contribution in [2.24, 2.45) is 5.92 Å². The van der Waals surface area contributed by atoms with Gasteiger partial charge in [-0.3, -0.25) is 4.79 Å². The number of carbonyl (C=O) groups is 1. The lowest BCUT2D eigenvalue weighted by Gasteiger charge is -2.25. The van der Waals surface area contributed by atoms with Gasteiger partial charge in [-0.05, 0) is 49.4 Å². The molecule has 6 nitrogen and oxygen atoms in total. The standard InChI is InChI=1S/C25H24ClN3O3S/c1-32-19-11-6-14(12-18(19)26)13-27-23-21-17-4-2-3-5-20(17)33-24(21)29-22(28-23)15-7-9-16(10-8-15)25(30)31/h2-6,11-12,15-16H,7-10,13H2,1H3,(H,30,31)(H,27,28,29)/t15-,16-. The van der Waals surface area contributed by atoms with Crippen molar-refractivity contribution in [1.29, 1.82) is 0 Å². The number of fused-ring (bicyclic) bond motifs is 3. The number of aromatic nitrogens is 2. The van der Waals surface area contributed by atoms with Gasteiger partial charge in [-0.2, -0.15) is 0 Å².